The number of hydrogen-bond donors (Lipinski definition) is 1. The number of hydrogen-bond acceptors (Lipinski definition) is 2. The summed E-state index contributed by atoms with van der Waals surface area (Å²) in [6.07, 6.45) is 0. The van der Waals surface area contributed by atoms with Gasteiger partial charge in [-0.1, -0.05) is 18.2 Å². The zero-order valence-electron chi connectivity index (χ0n) is 7.66. The average molecular weight is 184 g/mol. The second-order valence-corrected chi connectivity index (χ2v) is 3.11. The fourth-order valence-electron chi connectivity index (χ4n) is 1.50. The van der Waals surface area contributed by atoms with Crippen LogP contribution in [0.4, 0.5) is 0 Å². The van der Waals surface area contributed by atoms with Crippen molar-refractivity contribution in [3.63, 3.8) is 0 Å². The summed E-state index contributed by atoms with van der Waals surface area (Å²) in [5.41, 5.74) is 2.62. The van der Waals surface area contributed by atoms with Gasteiger partial charge in [-0.3, -0.25) is 4.79 Å². The first-order valence-electron chi connectivity index (χ1n) is 4.26. The van der Waals surface area contributed by atoms with E-state index in [2.05, 4.69) is 5.32 Å². The fourth-order valence-corrected chi connectivity index (χ4v) is 1.50. The quantitative estimate of drug-likeness (QED) is 0.624. The lowest BCUT2D eigenvalue weighted by Crippen LogP contribution is -2.12. The van der Waals surface area contributed by atoms with Crippen LogP contribution in [0.2, 0.25) is 0 Å². The summed E-state index contributed by atoms with van der Waals surface area (Å²) in [5.74, 6) is -0.134. The molecule has 0 saturated carbocycles. The number of nitriles is 1. The summed E-state index contributed by atoms with van der Waals surface area (Å²) in [7, 11) is 0. The summed E-state index contributed by atoms with van der Waals surface area (Å²) >= 11 is 0. The van der Waals surface area contributed by atoms with Crippen molar-refractivity contribution < 1.29 is 4.79 Å². The zero-order chi connectivity index (χ0) is 10.1. The lowest BCUT2D eigenvalue weighted by atomic mass is 10.1. The molecule has 1 aliphatic rings. The minimum absolute atomic E-state index is 0.134. The third-order valence-corrected chi connectivity index (χ3v) is 2.22. The van der Waals surface area contributed by atoms with E-state index in [1.165, 1.54) is 0 Å². The minimum atomic E-state index is -0.134. The molecule has 0 radical (unpaired) electrons. The average Bonchev–Trinajstić information content (AvgIpc) is 2.56. The second-order valence-electron chi connectivity index (χ2n) is 3.11. The summed E-state index contributed by atoms with van der Waals surface area (Å²) in [4.78, 5) is 11.4. The highest BCUT2D eigenvalue weighted by Crippen LogP contribution is 2.25. The lowest BCUT2D eigenvalue weighted by Gasteiger charge is -1.99. The lowest BCUT2D eigenvalue weighted by molar-refractivity contribution is 0.0981. The molecule has 1 aromatic carbocycles. The van der Waals surface area contributed by atoms with Gasteiger partial charge in [0.05, 0.1) is 17.3 Å². The molecule has 1 aromatic rings. The normalized spacial score (nSPS) is 17.0. The first-order valence-corrected chi connectivity index (χ1v) is 4.26. The van der Waals surface area contributed by atoms with Crippen LogP contribution < -0.4 is 5.32 Å². The summed E-state index contributed by atoms with van der Waals surface area (Å²) < 4.78 is 0. The number of carbonyl (C=O) groups excluding carboxylic acids is 1. The maximum atomic E-state index is 11.4. The van der Waals surface area contributed by atoms with Crippen molar-refractivity contribution in [2.45, 2.75) is 6.92 Å². The fraction of sp³-hybridized carbons (Fsp3) is 0.0909. The SMILES string of the molecule is C/C(C#N)=C1\NC(=O)c2ccccc21. The van der Waals surface area contributed by atoms with Gasteiger partial charge in [0.25, 0.3) is 5.91 Å². The Bertz CT molecular complexity index is 480. The van der Waals surface area contributed by atoms with Crippen molar-refractivity contribution in [2.75, 3.05) is 0 Å². The molecule has 0 saturated heterocycles. The van der Waals surface area contributed by atoms with E-state index in [1.54, 1.807) is 13.0 Å². The largest absolute Gasteiger partial charge is 0.321 e. The Kier molecular flexibility index (Phi) is 1.83. The third-order valence-electron chi connectivity index (χ3n) is 2.22. The molecule has 0 unspecified atom stereocenters. The molecule has 1 heterocycles. The number of carbonyl (C=O) groups is 1. The Morgan fingerprint density at radius 3 is 2.64 bits per heavy atom. The molecule has 1 N–H and O–H groups in total. The molecule has 3 nitrogen and oxygen atoms in total. The molecule has 1 aliphatic heterocycles. The van der Waals surface area contributed by atoms with Gasteiger partial charge in [-0.05, 0) is 13.0 Å². The molecule has 1 amide bonds. The van der Waals surface area contributed by atoms with E-state index in [4.69, 9.17) is 5.26 Å². The Morgan fingerprint density at radius 2 is 2.00 bits per heavy atom. The number of nitrogens with zero attached hydrogens (tertiary/aromatic N) is 1. The zero-order valence-corrected chi connectivity index (χ0v) is 7.66. The van der Waals surface area contributed by atoms with Gasteiger partial charge in [-0.15, -0.1) is 0 Å². The van der Waals surface area contributed by atoms with Crippen LogP contribution >= 0.6 is 0 Å². The monoisotopic (exact) mass is 184 g/mol. The maximum Gasteiger partial charge on any atom is 0.256 e. The van der Waals surface area contributed by atoms with E-state index >= 15 is 0 Å². The highest BCUT2D eigenvalue weighted by Gasteiger charge is 2.24. The van der Waals surface area contributed by atoms with E-state index in [1.807, 2.05) is 24.3 Å². The molecule has 3 heteroatoms. The summed E-state index contributed by atoms with van der Waals surface area (Å²) in [5, 5.41) is 11.4. The van der Waals surface area contributed by atoms with Gasteiger partial charge in [-0.2, -0.15) is 5.26 Å². The van der Waals surface area contributed by atoms with Gasteiger partial charge in [0.2, 0.25) is 0 Å². The van der Waals surface area contributed by atoms with Crippen LogP contribution in [0.3, 0.4) is 0 Å². The van der Waals surface area contributed by atoms with E-state index in [0.29, 0.717) is 16.8 Å². The van der Waals surface area contributed by atoms with Gasteiger partial charge in [-0.25, -0.2) is 0 Å². The molecule has 0 spiro atoms. The van der Waals surface area contributed by atoms with E-state index in [0.717, 1.165) is 5.56 Å². The molecule has 0 aliphatic carbocycles. The van der Waals surface area contributed by atoms with Crippen molar-refractivity contribution in [2.24, 2.45) is 0 Å². The smallest absolute Gasteiger partial charge is 0.256 e. The predicted octanol–water partition coefficient (Wildman–Crippen LogP) is 1.68. The van der Waals surface area contributed by atoms with Gasteiger partial charge in [0.15, 0.2) is 0 Å². The molecule has 68 valence electrons. The molecule has 2 rings (SSSR count). The molecule has 0 fully saturated rings. The van der Waals surface area contributed by atoms with E-state index in [-0.39, 0.29) is 5.91 Å². The predicted molar refractivity (Wildman–Crippen MR) is 52.1 cm³/mol. The van der Waals surface area contributed by atoms with Crippen LogP contribution in [-0.4, -0.2) is 5.91 Å². The maximum absolute atomic E-state index is 11.4. The van der Waals surface area contributed by atoms with Crippen molar-refractivity contribution in [1.82, 2.24) is 5.32 Å². The number of rotatable bonds is 0. The van der Waals surface area contributed by atoms with Crippen molar-refractivity contribution in [3.05, 3.63) is 41.0 Å². The third kappa shape index (κ3) is 1.09. The van der Waals surface area contributed by atoms with Gasteiger partial charge in [0, 0.05) is 11.1 Å². The number of nitrogens with one attached hydrogen (secondary N) is 1. The topological polar surface area (TPSA) is 52.9 Å². The van der Waals surface area contributed by atoms with Crippen molar-refractivity contribution in [1.29, 1.82) is 5.26 Å². The molecule has 0 atom stereocenters. The summed E-state index contributed by atoms with van der Waals surface area (Å²) in [6.45, 7) is 1.69. The Balaban J connectivity index is 2.68. The highest BCUT2D eigenvalue weighted by atomic mass is 16.1. The first-order chi connectivity index (χ1) is 6.74. The Hall–Kier alpha value is -2.08. The van der Waals surface area contributed by atoms with Crippen LogP contribution in [-0.2, 0) is 0 Å². The number of benzene rings is 1. The standard InChI is InChI=1S/C11H8N2O/c1-7(6-12)10-8-4-2-3-5-9(8)11(14)13-10/h2-5H,1H3,(H,13,14)/b10-7+. The molecular formula is C11H8N2O. The van der Waals surface area contributed by atoms with E-state index < -0.39 is 0 Å². The first kappa shape index (κ1) is 8.52. The van der Waals surface area contributed by atoms with Crippen LogP contribution in [0.1, 0.15) is 22.8 Å². The van der Waals surface area contributed by atoms with Crippen LogP contribution in [0, 0.1) is 11.3 Å². The van der Waals surface area contributed by atoms with Gasteiger partial charge < -0.3 is 5.32 Å². The number of amides is 1. The van der Waals surface area contributed by atoms with Crippen LogP contribution in [0.5, 0.6) is 0 Å². The van der Waals surface area contributed by atoms with Gasteiger partial charge >= 0.3 is 0 Å². The molecular weight excluding hydrogens is 176 g/mol. The van der Waals surface area contributed by atoms with Gasteiger partial charge in [0.1, 0.15) is 0 Å². The van der Waals surface area contributed by atoms with Crippen LogP contribution in [0.15, 0.2) is 29.8 Å². The highest BCUT2D eigenvalue weighted by molar-refractivity contribution is 6.09. The molecule has 0 bridgehead atoms. The summed E-state index contributed by atoms with van der Waals surface area (Å²) in [6, 6.07) is 9.28. The Labute approximate surface area is 81.7 Å². The van der Waals surface area contributed by atoms with Crippen molar-refractivity contribution >= 4 is 11.6 Å². The van der Waals surface area contributed by atoms with E-state index in [9.17, 15) is 4.79 Å². The number of allylic oxidation sites excluding steroid dienone is 1. The Morgan fingerprint density at radius 1 is 1.36 bits per heavy atom. The molecule has 0 aromatic heterocycles. The number of fused-ring (bicyclic) bond motifs is 1. The second kappa shape index (κ2) is 3.00. The molecule has 14 heavy (non-hydrogen) atoms. The van der Waals surface area contributed by atoms with Crippen LogP contribution in [0.25, 0.3) is 5.70 Å². The minimum Gasteiger partial charge on any atom is -0.321 e. The van der Waals surface area contributed by atoms with Crippen molar-refractivity contribution in [3.8, 4) is 6.07 Å².